The number of hydrogen-bond acceptors (Lipinski definition) is 3. The van der Waals surface area contributed by atoms with Crippen molar-refractivity contribution in [1.29, 1.82) is 0 Å². The summed E-state index contributed by atoms with van der Waals surface area (Å²) in [7, 11) is 0. The lowest BCUT2D eigenvalue weighted by Crippen LogP contribution is -1.99. The molecule has 120 valence electrons. The Morgan fingerprint density at radius 2 is 1.10 bits per heavy atom. The molecule has 0 bridgehead atoms. The van der Waals surface area contributed by atoms with Crippen LogP contribution in [0, 0.1) is 0 Å². The average Bonchev–Trinajstić information content (AvgIpc) is 2.83. The van der Waals surface area contributed by atoms with Crippen LogP contribution in [0.3, 0.4) is 0 Å². The summed E-state index contributed by atoms with van der Waals surface area (Å²) in [5.74, 6) is 0. The summed E-state index contributed by atoms with van der Waals surface area (Å²) in [6.45, 7) is 1.65. The van der Waals surface area contributed by atoms with Crippen molar-refractivity contribution in [3.05, 3.63) is 21.9 Å². The van der Waals surface area contributed by atoms with E-state index in [1.807, 2.05) is 11.3 Å². The predicted octanol–water partition coefficient (Wildman–Crippen LogP) is 4.32. The van der Waals surface area contributed by atoms with Gasteiger partial charge in [-0.05, 0) is 57.3 Å². The van der Waals surface area contributed by atoms with Crippen LogP contribution < -0.4 is 11.5 Å². The lowest BCUT2D eigenvalue weighted by Gasteiger charge is -2.00. The highest BCUT2D eigenvalue weighted by Gasteiger charge is 2.00. The van der Waals surface area contributed by atoms with E-state index in [-0.39, 0.29) is 24.8 Å². The van der Waals surface area contributed by atoms with Crippen LogP contribution in [0.4, 0.5) is 0 Å². The van der Waals surface area contributed by atoms with Crippen molar-refractivity contribution >= 4 is 36.2 Å². The SMILES string of the molecule is Cl.Cl.NCCCCCCCCc1ccc(CCCN)s1. The summed E-state index contributed by atoms with van der Waals surface area (Å²) in [6.07, 6.45) is 11.4. The van der Waals surface area contributed by atoms with Gasteiger partial charge < -0.3 is 11.5 Å². The van der Waals surface area contributed by atoms with Crippen molar-refractivity contribution in [3.63, 3.8) is 0 Å². The number of nitrogens with two attached hydrogens (primary N) is 2. The molecule has 1 heterocycles. The fourth-order valence-corrected chi connectivity index (χ4v) is 3.22. The first-order chi connectivity index (χ1) is 8.86. The second-order valence-corrected chi connectivity index (χ2v) is 6.17. The van der Waals surface area contributed by atoms with E-state index in [1.54, 1.807) is 4.88 Å². The van der Waals surface area contributed by atoms with Gasteiger partial charge in [-0.15, -0.1) is 36.2 Å². The van der Waals surface area contributed by atoms with Crippen LogP contribution in [-0.2, 0) is 12.8 Å². The normalized spacial score (nSPS) is 9.90. The third-order valence-electron chi connectivity index (χ3n) is 3.22. The van der Waals surface area contributed by atoms with Gasteiger partial charge in [0.25, 0.3) is 0 Å². The molecule has 2 nitrogen and oxygen atoms in total. The minimum Gasteiger partial charge on any atom is -0.330 e. The molecule has 0 aromatic carbocycles. The van der Waals surface area contributed by atoms with Crippen molar-refractivity contribution in [2.24, 2.45) is 11.5 Å². The summed E-state index contributed by atoms with van der Waals surface area (Å²) in [4.78, 5) is 3.04. The number of halogens is 2. The van der Waals surface area contributed by atoms with Gasteiger partial charge in [0.05, 0.1) is 0 Å². The van der Waals surface area contributed by atoms with Gasteiger partial charge in [-0.2, -0.15) is 0 Å². The fraction of sp³-hybridized carbons (Fsp3) is 0.733. The van der Waals surface area contributed by atoms with E-state index in [2.05, 4.69) is 12.1 Å². The molecule has 0 saturated carbocycles. The molecule has 0 atom stereocenters. The largest absolute Gasteiger partial charge is 0.330 e. The summed E-state index contributed by atoms with van der Waals surface area (Å²) < 4.78 is 0. The molecule has 0 unspecified atom stereocenters. The molecule has 0 aliphatic rings. The zero-order chi connectivity index (χ0) is 13.1. The zero-order valence-electron chi connectivity index (χ0n) is 12.3. The number of unbranched alkanes of at least 4 members (excludes halogenated alkanes) is 5. The van der Waals surface area contributed by atoms with Crippen LogP contribution >= 0.6 is 36.2 Å². The molecule has 4 N–H and O–H groups in total. The topological polar surface area (TPSA) is 52.0 Å². The van der Waals surface area contributed by atoms with E-state index in [9.17, 15) is 0 Å². The Labute approximate surface area is 140 Å². The molecule has 0 amide bonds. The Hall–Kier alpha value is 0.200. The van der Waals surface area contributed by atoms with E-state index >= 15 is 0 Å². The summed E-state index contributed by atoms with van der Waals surface area (Å²) in [5, 5.41) is 0. The molecule has 0 fully saturated rings. The predicted molar refractivity (Wildman–Crippen MR) is 96.7 cm³/mol. The first-order valence-corrected chi connectivity index (χ1v) is 8.16. The Morgan fingerprint density at radius 1 is 0.650 bits per heavy atom. The molecule has 1 rings (SSSR count). The molecule has 0 aliphatic carbocycles. The molecule has 0 aliphatic heterocycles. The number of thiophene rings is 1. The Balaban J connectivity index is 0. The monoisotopic (exact) mass is 340 g/mol. The molecule has 0 radical (unpaired) electrons. The Morgan fingerprint density at radius 3 is 1.65 bits per heavy atom. The second-order valence-electron chi connectivity index (χ2n) is 4.92. The first kappa shape index (κ1) is 22.5. The first-order valence-electron chi connectivity index (χ1n) is 7.34. The van der Waals surface area contributed by atoms with Gasteiger partial charge in [0, 0.05) is 9.75 Å². The highest BCUT2D eigenvalue weighted by molar-refractivity contribution is 7.11. The van der Waals surface area contributed by atoms with Crippen LogP contribution in [0.1, 0.15) is 54.7 Å². The third kappa shape index (κ3) is 10.9. The molecule has 5 heteroatoms. The summed E-state index contributed by atoms with van der Waals surface area (Å²) in [5.41, 5.74) is 11.0. The number of aryl methyl sites for hydroxylation is 2. The van der Waals surface area contributed by atoms with Gasteiger partial charge in [0.1, 0.15) is 0 Å². The smallest absolute Gasteiger partial charge is 0.00486 e. The van der Waals surface area contributed by atoms with Crippen LogP contribution in [0.5, 0.6) is 0 Å². The fourth-order valence-electron chi connectivity index (χ4n) is 2.12. The van der Waals surface area contributed by atoms with E-state index in [4.69, 9.17) is 11.5 Å². The summed E-state index contributed by atoms with van der Waals surface area (Å²) >= 11 is 1.97. The van der Waals surface area contributed by atoms with E-state index < -0.39 is 0 Å². The van der Waals surface area contributed by atoms with Crippen molar-refractivity contribution in [2.75, 3.05) is 13.1 Å². The lowest BCUT2D eigenvalue weighted by molar-refractivity contribution is 0.599. The van der Waals surface area contributed by atoms with Crippen LogP contribution in [0.2, 0.25) is 0 Å². The molecule has 1 aromatic heterocycles. The van der Waals surface area contributed by atoms with Gasteiger partial charge in [-0.25, -0.2) is 0 Å². The minimum absolute atomic E-state index is 0. The maximum Gasteiger partial charge on any atom is 0.00486 e. The highest BCUT2D eigenvalue weighted by Crippen LogP contribution is 2.20. The maximum atomic E-state index is 5.53. The maximum absolute atomic E-state index is 5.53. The number of hydrogen-bond donors (Lipinski definition) is 2. The van der Waals surface area contributed by atoms with E-state index in [1.165, 1.54) is 49.8 Å². The van der Waals surface area contributed by atoms with Gasteiger partial charge in [0.15, 0.2) is 0 Å². The standard InChI is InChI=1S/C15H28N2S.2ClH/c16-12-6-4-2-1-3-5-8-14-10-11-15(18-14)9-7-13-17;;/h10-11H,1-9,12-13,16-17H2;2*1H. The van der Waals surface area contributed by atoms with E-state index in [0.29, 0.717) is 0 Å². The summed E-state index contributed by atoms with van der Waals surface area (Å²) in [6, 6.07) is 4.57. The van der Waals surface area contributed by atoms with Gasteiger partial charge in [-0.3, -0.25) is 0 Å². The lowest BCUT2D eigenvalue weighted by atomic mass is 10.1. The minimum atomic E-state index is 0. The zero-order valence-corrected chi connectivity index (χ0v) is 14.8. The van der Waals surface area contributed by atoms with Crippen LogP contribution in [0.15, 0.2) is 12.1 Å². The Bertz CT molecular complexity index is 306. The molecular formula is C15H30Cl2N2S. The van der Waals surface area contributed by atoms with Gasteiger partial charge in [0.2, 0.25) is 0 Å². The Kier molecular flexibility index (Phi) is 17.5. The van der Waals surface area contributed by atoms with Crippen LogP contribution in [-0.4, -0.2) is 13.1 Å². The molecule has 1 aromatic rings. The number of rotatable bonds is 11. The van der Waals surface area contributed by atoms with Crippen LogP contribution in [0.25, 0.3) is 0 Å². The highest BCUT2D eigenvalue weighted by atomic mass is 35.5. The van der Waals surface area contributed by atoms with Crippen molar-refractivity contribution in [1.82, 2.24) is 0 Å². The molecule has 0 saturated heterocycles. The van der Waals surface area contributed by atoms with E-state index in [0.717, 1.165) is 25.9 Å². The molecule has 0 spiro atoms. The van der Waals surface area contributed by atoms with Crippen molar-refractivity contribution in [2.45, 2.75) is 57.8 Å². The van der Waals surface area contributed by atoms with Crippen molar-refractivity contribution in [3.8, 4) is 0 Å². The molecule has 20 heavy (non-hydrogen) atoms. The third-order valence-corrected chi connectivity index (χ3v) is 4.43. The quantitative estimate of drug-likeness (QED) is 0.589. The second kappa shape index (κ2) is 15.6. The molecular weight excluding hydrogens is 311 g/mol. The average molecular weight is 341 g/mol. The van der Waals surface area contributed by atoms with Gasteiger partial charge in [-0.1, -0.05) is 25.7 Å². The van der Waals surface area contributed by atoms with Crippen molar-refractivity contribution < 1.29 is 0 Å². The van der Waals surface area contributed by atoms with Gasteiger partial charge >= 0.3 is 0 Å².